The Morgan fingerprint density at radius 1 is 0.710 bits per heavy atom. The summed E-state index contributed by atoms with van der Waals surface area (Å²) in [6.07, 6.45) is 0. The first kappa shape index (κ1) is 22.6. The van der Waals surface area contributed by atoms with Crippen LogP contribution in [0.15, 0.2) is 36.4 Å². The van der Waals surface area contributed by atoms with Crippen molar-refractivity contribution in [1.29, 1.82) is 0 Å². The van der Waals surface area contributed by atoms with Gasteiger partial charge < -0.3 is 28.6 Å². The van der Waals surface area contributed by atoms with Crippen LogP contribution in [-0.4, -0.2) is 83.5 Å². The number of piperazine rings is 1. The highest BCUT2D eigenvalue weighted by Gasteiger charge is 2.23. The van der Waals surface area contributed by atoms with Gasteiger partial charge in [0.15, 0.2) is 0 Å². The van der Waals surface area contributed by atoms with Crippen LogP contribution >= 0.6 is 0 Å². The molecule has 31 heavy (non-hydrogen) atoms. The maximum Gasteiger partial charge on any atom is 0.254 e. The van der Waals surface area contributed by atoms with E-state index in [4.69, 9.17) is 23.7 Å². The van der Waals surface area contributed by atoms with Gasteiger partial charge in [-0.2, -0.15) is 0 Å². The molecule has 1 aliphatic rings. The second-order valence-corrected chi connectivity index (χ2v) is 7.13. The fourth-order valence-electron chi connectivity index (χ4n) is 3.45. The van der Waals surface area contributed by atoms with Gasteiger partial charge >= 0.3 is 0 Å². The molecule has 1 heterocycles. The van der Waals surface area contributed by atoms with Crippen molar-refractivity contribution in [3.8, 4) is 28.7 Å². The zero-order valence-corrected chi connectivity index (χ0v) is 18.6. The SMILES string of the molecule is COc1cc(OC)cc(OCCN2CCN(C(=O)c3cc(OC)cc(OC)c3)CC2)c1. The number of benzene rings is 2. The zero-order valence-electron chi connectivity index (χ0n) is 18.6. The van der Waals surface area contributed by atoms with Crippen molar-refractivity contribution < 1.29 is 28.5 Å². The van der Waals surface area contributed by atoms with Crippen LogP contribution in [0.4, 0.5) is 0 Å². The first-order valence-electron chi connectivity index (χ1n) is 10.2. The molecule has 1 amide bonds. The van der Waals surface area contributed by atoms with Crippen LogP contribution in [0.1, 0.15) is 10.4 Å². The number of nitrogens with zero attached hydrogens (tertiary/aromatic N) is 2. The van der Waals surface area contributed by atoms with Gasteiger partial charge in [-0.3, -0.25) is 9.69 Å². The van der Waals surface area contributed by atoms with E-state index in [1.54, 1.807) is 52.7 Å². The number of hydrogen-bond acceptors (Lipinski definition) is 7. The molecule has 0 radical (unpaired) electrons. The smallest absolute Gasteiger partial charge is 0.254 e. The molecule has 1 aliphatic heterocycles. The Hall–Kier alpha value is -3.13. The minimum Gasteiger partial charge on any atom is -0.497 e. The Labute approximate surface area is 183 Å². The van der Waals surface area contributed by atoms with E-state index in [2.05, 4.69) is 4.90 Å². The Kier molecular flexibility index (Phi) is 7.83. The molecule has 1 saturated heterocycles. The average molecular weight is 431 g/mol. The summed E-state index contributed by atoms with van der Waals surface area (Å²) in [4.78, 5) is 17.1. The van der Waals surface area contributed by atoms with Crippen LogP contribution in [0.3, 0.4) is 0 Å². The number of hydrogen-bond donors (Lipinski definition) is 0. The number of methoxy groups -OCH3 is 4. The lowest BCUT2D eigenvalue weighted by Crippen LogP contribution is -2.49. The van der Waals surface area contributed by atoms with E-state index in [1.165, 1.54) is 0 Å². The molecule has 2 aromatic carbocycles. The lowest BCUT2D eigenvalue weighted by atomic mass is 10.1. The fourth-order valence-corrected chi connectivity index (χ4v) is 3.45. The quantitative estimate of drug-likeness (QED) is 0.606. The Morgan fingerprint density at radius 3 is 1.65 bits per heavy atom. The predicted octanol–water partition coefficient (Wildman–Crippen LogP) is 2.56. The van der Waals surface area contributed by atoms with Crippen molar-refractivity contribution in [2.75, 3.05) is 67.8 Å². The molecule has 2 aromatic rings. The summed E-state index contributed by atoms with van der Waals surface area (Å²) in [6.45, 7) is 4.21. The Morgan fingerprint density at radius 2 is 1.16 bits per heavy atom. The van der Waals surface area contributed by atoms with Crippen LogP contribution in [0.5, 0.6) is 28.7 Å². The largest absolute Gasteiger partial charge is 0.497 e. The minimum absolute atomic E-state index is 0.0171. The molecule has 0 N–H and O–H groups in total. The highest BCUT2D eigenvalue weighted by Crippen LogP contribution is 2.27. The molecule has 0 aliphatic carbocycles. The maximum atomic E-state index is 12.9. The van der Waals surface area contributed by atoms with Crippen molar-refractivity contribution in [2.24, 2.45) is 0 Å². The summed E-state index contributed by atoms with van der Waals surface area (Å²) in [5.74, 6) is 3.28. The monoisotopic (exact) mass is 430 g/mol. The summed E-state index contributed by atoms with van der Waals surface area (Å²) >= 11 is 0. The van der Waals surface area contributed by atoms with E-state index < -0.39 is 0 Å². The molecule has 168 valence electrons. The summed E-state index contributed by atoms with van der Waals surface area (Å²) < 4.78 is 27.0. The van der Waals surface area contributed by atoms with Gasteiger partial charge in [-0.25, -0.2) is 0 Å². The highest BCUT2D eigenvalue weighted by molar-refractivity contribution is 5.95. The Balaban J connectivity index is 1.49. The summed E-state index contributed by atoms with van der Waals surface area (Å²) in [7, 11) is 6.37. The third-order valence-electron chi connectivity index (χ3n) is 5.26. The lowest BCUT2D eigenvalue weighted by Gasteiger charge is -2.34. The summed E-state index contributed by atoms with van der Waals surface area (Å²) in [5.41, 5.74) is 0.569. The molecule has 0 bridgehead atoms. The second kappa shape index (κ2) is 10.8. The third-order valence-corrected chi connectivity index (χ3v) is 5.26. The van der Waals surface area contributed by atoms with Crippen LogP contribution < -0.4 is 23.7 Å². The van der Waals surface area contributed by atoms with Gasteiger partial charge in [-0.1, -0.05) is 0 Å². The number of amides is 1. The van der Waals surface area contributed by atoms with E-state index in [0.717, 1.165) is 19.6 Å². The van der Waals surface area contributed by atoms with Crippen LogP contribution in [0, 0.1) is 0 Å². The van der Waals surface area contributed by atoms with Crippen LogP contribution in [0.25, 0.3) is 0 Å². The van der Waals surface area contributed by atoms with Crippen LogP contribution in [0.2, 0.25) is 0 Å². The number of carbonyl (C=O) groups excluding carboxylic acids is 1. The van der Waals surface area contributed by atoms with Crippen molar-refractivity contribution in [2.45, 2.75) is 0 Å². The topological polar surface area (TPSA) is 69.7 Å². The van der Waals surface area contributed by atoms with Gasteiger partial charge in [0, 0.05) is 62.6 Å². The predicted molar refractivity (Wildman–Crippen MR) is 117 cm³/mol. The van der Waals surface area contributed by atoms with Crippen molar-refractivity contribution in [1.82, 2.24) is 9.80 Å². The molecule has 0 atom stereocenters. The first-order chi connectivity index (χ1) is 15.1. The van der Waals surface area contributed by atoms with Crippen molar-refractivity contribution in [3.05, 3.63) is 42.0 Å². The molecule has 0 saturated carbocycles. The molecular formula is C23H30N2O6. The lowest BCUT2D eigenvalue weighted by molar-refractivity contribution is 0.0619. The van der Waals surface area contributed by atoms with Gasteiger partial charge in [0.1, 0.15) is 35.4 Å². The molecular weight excluding hydrogens is 400 g/mol. The molecule has 0 spiro atoms. The van der Waals surface area contributed by atoms with E-state index in [1.807, 2.05) is 17.0 Å². The molecule has 0 unspecified atom stereocenters. The highest BCUT2D eigenvalue weighted by atomic mass is 16.5. The standard InChI is InChI=1S/C23H30N2O6/c1-27-18-11-17(12-19(13-18)28-2)23(26)25-7-5-24(6-8-25)9-10-31-22-15-20(29-3)14-21(16-22)30-4/h11-16H,5-10H2,1-4H3. The van der Waals surface area contributed by atoms with Gasteiger partial charge in [0.2, 0.25) is 0 Å². The number of rotatable bonds is 9. The van der Waals surface area contributed by atoms with E-state index >= 15 is 0 Å². The normalized spacial score (nSPS) is 14.1. The van der Waals surface area contributed by atoms with Gasteiger partial charge in [0.05, 0.1) is 28.4 Å². The van der Waals surface area contributed by atoms with Crippen molar-refractivity contribution >= 4 is 5.91 Å². The zero-order chi connectivity index (χ0) is 22.2. The average Bonchev–Trinajstić information content (AvgIpc) is 2.83. The summed E-state index contributed by atoms with van der Waals surface area (Å²) in [5, 5.41) is 0. The van der Waals surface area contributed by atoms with Gasteiger partial charge in [0.25, 0.3) is 5.91 Å². The number of ether oxygens (including phenoxy) is 5. The first-order valence-corrected chi connectivity index (χ1v) is 10.2. The Bertz CT molecular complexity index is 836. The van der Waals surface area contributed by atoms with Crippen LogP contribution in [-0.2, 0) is 0 Å². The molecule has 8 nitrogen and oxygen atoms in total. The third kappa shape index (κ3) is 5.95. The second-order valence-electron chi connectivity index (χ2n) is 7.13. The molecule has 1 fully saturated rings. The van der Waals surface area contributed by atoms with Crippen molar-refractivity contribution in [3.63, 3.8) is 0 Å². The van der Waals surface area contributed by atoms with Gasteiger partial charge in [-0.15, -0.1) is 0 Å². The van der Waals surface area contributed by atoms with Gasteiger partial charge in [-0.05, 0) is 12.1 Å². The molecule has 0 aromatic heterocycles. The number of carbonyl (C=O) groups is 1. The maximum absolute atomic E-state index is 12.9. The van der Waals surface area contributed by atoms with E-state index in [-0.39, 0.29) is 5.91 Å². The van der Waals surface area contributed by atoms with E-state index in [0.29, 0.717) is 54.0 Å². The minimum atomic E-state index is -0.0171. The summed E-state index contributed by atoms with van der Waals surface area (Å²) in [6, 6.07) is 10.7. The molecule has 8 heteroatoms. The fraction of sp³-hybridized carbons (Fsp3) is 0.435. The van der Waals surface area contributed by atoms with E-state index in [9.17, 15) is 4.79 Å². The molecule has 3 rings (SSSR count).